The van der Waals surface area contributed by atoms with Crippen molar-refractivity contribution in [3.63, 3.8) is 0 Å². The highest BCUT2D eigenvalue weighted by Crippen LogP contribution is 2.35. The average molecular weight is 460 g/mol. The quantitative estimate of drug-likeness (QED) is 0.693. The van der Waals surface area contributed by atoms with E-state index >= 15 is 0 Å². The molecule has 1 saturated carbocycles. The van der Waals surface area contributed by atoms with E-state index in [9.17, 15) is 14.4 Å². The molecule has 1 aliphatic carbocycles. The summed E-state index contributed by atoms with van der Waals surface area (Å²) in [7, 11) is 1.63. The van der Waals surface area contributed by atoms with Crippen LogP contribution in [0.4, 0.5) is 4.79 Å². The summed E-state index contributed by atoms with van der Waals surface area (Å²) in [4.78, 5) is 40.1. The van der Waals surface area contributed by atoms with E-state index in [-0.39, 0.29) is 24.9 Å². The zero-order valence-electron chi connectivity index (χ0n) is 16.1. The van der Waals surface area contributed by atoms with Crippen molar-refractivity contribution in [3.05, 3.63) is 46.6 Å². The molecule has 152 valence electrons. The van der Waals surface area contributed by atoms with Crippen molar-refractivity contribution in [1.82, 2.24) is 15.1 Å². The molecule has 1 N–H and O–H groups in total. The third-order valence-electron chi connectivity index (χ3n) is 5.61. The summed E-state index contributed by atoms with van der Waals surface area (Å²) < 4.78 is 6.83. The molecule has 2 fully saturated rings. The van der Waals surface area contributed by atoms with Gasteiger partial charge in [0.2, 0.25) is 5.91 Å². The summed E-state index contributed by atoms with van der Waals surface area (Å²) in [6.45, 7) is -0.00660. The number of nitrogens with one attached hydrogen (secondary N) is 1. The lowest BCUT2D eigenvalue weighted by atomic mass is 9.98. The van der Waals surface area contributed by atoms with E-state index in [1.807, 2.05) is 36.4 Å². The Bertz CT molecular complexity index is 947. The Morgan fingerprint density at radius 1 is 1.17 bits per heavy atom. The van der Waals surface area contributed by atoms with E-state index in [0.29, 0.717) is 24.4 Å². The molecular formula is C21H22BrN3O4. The van der Waals surface area contributed by atoms with Crippen molar-refractivity contribution in [1.29, 1.82) is 0 Å². The number of benzene rings is 1. The number of carbonyl (C=O) groups is 3. The maximum atomic E-state index is 12.7. The third kappa shape index (κ3) is 3.81. The Morgan fingerprint density at radius 2 is 1.86 bits per heavy atom. The van der Waals surface area contributed by atoms with Crippen LogP contribution in [0.3, 0.4) is 0 Å². The molecule has 1 aliphatic heterocycles. The number of nitrogens with zero attached hydrogens (tertiary/aromatic N) is 2. The molecule has 8 heteroatoms. The largest absolute Gasteiger partial charge is 0.459 e. The SMILES string of the molecule is CN(Cc1ccc(-c2ccc(Br)cc2)o1)C(=O)CN1C(=O)NC2(CCCC2)C1=O. The summed E-state index contributed by atoms with van der Waals surface area (Å²) in [5.41, 5.74) is 0.144. The van der Waals surface area contributed by atoms with E-state index in [1.165, 1.54) is 4.90 Å². The van der Waals surface area contributed by atoms with Crippen LogP contribution in [0.15, 0.2) is 45.3 Å². The number of carbonyl (C=O) groups excluding carboxylic acids is 3. The van der Waals surface area contributed by atoms with Crippen LogP contribution in [0.5, 0.6) is 0 Å². The second-order valence-electron chi connectivity index (χ2n) is 7.63. The summed E-state index contributed by atoms with van der Waals surface area (Å²) in [5, 5.41) is 2.79. The number of imide groups is 1. The summed E-state index contributed by atoms with van der Waals surface area (Å²) in [6, 6.07) is 11.0. The lowest BCUT2D eigenvalue weighted by Gasteiger charge is -2.21. The van der Waals surface area contributed by atoms with Gasteiger partial charge in [-0.3, -0.25) is 14.5 Å². The molecule has 4 amide bonds. The molecule has 2 heterocycles. The average Bonchev–Trinajstić information content (AvgIpc) is 3.40. The van der Waals surface area contributed by atoms with Gasteiger partial charge in [0, 0.05) is 17.1 Å². The first-order valence-electron chi connectivity index (χ1n) is 9.61. The zero-order valence-corrected chi connectivity index (χ0v) is 17.7. The smallest absolute Gasteiger partial charge is 0.325 e. The first-order valence-corrected chi connectivity index (χ1v) is 10.4. The van der Waals surface area contributed by atoms with Crippen LogP contribution in [0.25, 0.3) is 11.3 Å². The van der Waals surface area contributed by atoms with Gasteiger partial charge in [0.05, 0.1) is 6.54 Å². The minimum Gasteiger partial charge on any atom is -0.459 e. The number of urea groups is 1. The Morgan fingerprint density at radius 3 is 2.55 bits per heavy atom. The van der Waals surface area contributed by atoms with Gasteiger partial charge in [-0.1, -0.05) is 40.9 Å². The van der Waals surface area contributed by atoms with Gasteiger partial charge >= 0.3 is 6.03 Å². The van der Waals surface area contributed by atoms with Crippen molar-refractivity contribution in [2.24, 2.45) is 0 Å². The Balaban J connectivity index is 1.38. The highest BCUT2D eigenvalue weighted by atomic mass is 79.9. The molecular weight excluding hydrogens is 438 g/mol. The minimum atomic E-state index is -0.795. The fourth-order valence-electron chi connectivity index (χ4n) is 3.95. The van der Waals surface area contributed by atoms with Crippen molar-refractivity contribution >= 4 is 33.8 Å². The maximum absolute atomic E-state index is 12.7. The molecule has 1 saturated heterocycles. The summed E-state index contributed by atoms with van der Waals surface area (Å²) in [6.07, 6.45) is 3.10. The zero-order chi connectivity index (χ0) is 20.6. The van der Waals surface area contributed by atoms with Gasteiger partial charge < -0.3 is 14.6 Å². The van der Waals surface area contributed by atoms with Crippen LogP contribution >= 0.6 is 15.9 Å². The van der Waals surface area contributed by atoms with Crippen molar-refractivity contribution in [2.75, 3.05) is 13.6 Å². The molecule has 1 spiro atoms. The standard InChI is InChI=1S/C21H22BrN3O4/c1-24(12-16-8-9-17(29-16)14-4-6-15(22)7-5-14)18(26)13-25-19(27)21(23-20(25)28)10-2-3-11-21/h4-9H,2-3,10-13H2,1H3,(H,23,28). The van der Waals surface area contributed by atoms with Gasteiger partial charge in [-0.2, -0.15) is 0 Å². The van der Waals surface area contributed by atoms with Gasteiger partial charge in [0.15, 0.2) is 0 Å². The van der Waals surface area contributed by atoms with E-state index in [1.54, 1.807) is 7.05 Å². The maximum Gasteiger partial charge on any atom is 0.325 e. The van der Waals surface area contributed by atoms with Crippen molar-refractivity contribution in [3.8, 4) is 11.3 Å². The van der Waals surface area contributed by atoms with Gasteiger partial charge in [-0.15, -0.1) is 0 Å². The number of amides is 4. The molecule has 29 heavy (non-hydrogen) atoms. The predicted octanol–water partition coefficient (Wildman–Crippen LogP) is 3.53. The second-order valence-corrected chi connectivity index (χ2v) is 8.55. The molecule has 2 aromatic rings. The lowest BCUT2D eigenvalue weighted by Crippen LogP contribution is -2.45. The molecule has 0 unspecified atom stereocenters. The second kappa shape index (κ2) is 7.67. The molecule has 7 nitrogen and oxygen atoms in total. The minimum absolute atomic E-state index is 0.254. The summed E-state index contributed by atoms with van der Waals surface area (Å²) in [5.74, 6) is 0.747. The van der Waals surface area contributed by atoms with Crippen molar-refractivity contribution in [2.45, 2.75) is 37.8 Å². The van der Waals surface area contributed by atoms with Gasteiger partial charge in [-0.25, -0.2) is 4.79 Å². The molecule has 0 bridgehead atoms. The Kier molecular flexibility index (Phi) is 5.21. The van der Waals surface area contributed by atoms with E-state index in [0.717, 1.165) is 27.8 Å². The van der Waals surface area contributed by atoms with Crippen LogP contribution in [-0.4, -0.2) is 46.8 Å². The van der Waals surface area contributed by atoms with Crippen LogP contribution in [0.1, 0.15) is 31.4 Å². The third-order valence-corrected chi connectivity index (χ3v) is 6.13. The Hall–Kier alpha value is -2.61. The van der Waals surface area contributed by atoms with Crippen molar-refractivity contribution < 1.29 is 18.8 Å². The number of hydrogen-bond acceptors (Lipinski definition) is 4. The van der Waals surface area contributed by atoms with Gasteiger partial charge in [0.25, 0.3) is 5.91 Å². The highest BCUT2D eigenvalue weighted by Gasteiger charge is 2.52. The van der Waals surface area contributed by atoms with E-state index in [2.05, 4.69) is 21.2 Å². The van der Waals surface area contributed by atoms with E-state index < -0.39 is 11.6 Å². The number of hydrogen-bond donors (Lipinski definition) is 1. The number of likely N-dealkylation sites (N-methyl/N-ethyl adjacent to an activating group) is 1. The van der Waals surface area contributed by atoms with Crippen LogP contribution in [0.2, 0.25) is 0 Å². The molecule has 2 aliphatic rings. The number of halogens is 1. The van der Waals surface area contributed by atoms with E-state index in [4.69, 9.17) is 4.42 Å². The van der Waals surface area contributed by atoms with Crippen LogP contribution in [0, 0.1) is 0 Å². The molecule has 1 aromatic heterocycles. The Labute approximate surface area is 177 Å². The molecule has 4 rings (SSSR count). The monoisotopic (exact) mass is 459 g/mol. The predicted molar refractivity (Wildman–Crippen MR) is 110 cm³/mol. The number of furan rings is 1. The topological polar surface area (TPSA) is 82.9 Å². The highest BCUT2D eigenvalue weighted by molar-refractivity contribution is 9.10. The fraction of sp³-hybridized carbons (Fsp3) is 0.381. The normalized spacial score (nSPS) is 17.8. The summed E-state index contributed by atoms with van der Waals surface area (Å²) >= 11 is 3.40. The van der Waals surface area contributed by atoms with Crippen LogP contribution < -0.4 is 5.32 Å². The lowest BCUT2D eigenvalue weighted by molar-refractivity contribution is -0.138. The molecule has 1 aromatic carbocycles. The fourth-order valence-corrected chi connectivity index (χ4v) is 4.21. The number of rotatable bonds is 5. The first-order chi connectivity index (χ1) is 13.9. The van der Waals surface area contributed by atoms with Gasteiger partial charge in [-0.05, 0) is 37.1 Å². The van der Waals surface area contributed by atoms with Crippen LogP contribution in [-0.2, 0) is 16.1 Å². The van der Waals surface area contributed by atoms with Gasteiger partial charge in [0.1, 0.15) is 23.6 Å². The molecule has 0 radical (unpaired) electrons. The molecule has 0 atom stereocenters. The first kappa shape index (κ1) is 19.7.